The summed E-state index contributed by atoms with van der Waals surface area (Å²) in [5, 5.41) is 5.80. The minimum Gasteiger partial charge on any atom is -0.405 e. The molecule has 5 aromatic rings. The number of aromatic amines is 1. The molecule has 7 rings (SSSR count). The lowest BCUT2D eigenvalue weighted by atomic mass is 9.90. The molecule has 3 aromatic heterocycles. The first-order chi connectivity index (χ1) is 23.3. The van der Waals surface area contributed by atoms with Crippen LogP contribution in [0.4, 0.5) is 19.0 Å². The van der Waals surface area contributed by atoms with E-state index in [0.29, 0.717) is 39.8 Å². The van der Waals surface area contributed by atoms with Gasteiger partial charge in [-0.05, 0) is 50.3 Å². The van der Waals surface area contributed by atoms with E-state index in [1.807, 2.05) is 22.9 Å². The number of hydrogen-bond donors (Lipinski definition) is 2. The summed E-state index contributed by atoms with van der Waals surface area (Å²) in [6.45, 7) is 6.32. The number of benzene rings is 2. The lowest BCUT2D eigenvalue weighted by Crippen LogP contribution is -2.51. The average Bonchev–Trinajstić information content (AvgIpc) is 3.67. The van der Waals surface area contributed by atoms with Crippen molar-refractivity contribution in [3.63, 3.8) is 0 Å². The van der Waals surface area contributed by atoms with Gasteiger partial charge in [0.1, 0.15) is 29.4 Å². The molecule has 1 saturated carbocycles. The lowest BCUT2D eigenvalue weighted by molar-refractivity contribution is -0.274. The third kappa shape index (κ3) is 6.96. The van der Waals surface area contributed by atoms with Gasteiger partial charge in [0.25, 0.3) is 0 Å². The van der Waals surface area contributed by atoms with Gasteiger partial charge in [0.05, 0.1) is 22.5 Å². The first-order valence-electron chi connectivity index (χ1n) is 16.5. The van der Waals surface area contributed by atoms with Crippen molar-refractivity contribution in [1.29, 1.82) is 0 Å². The fraction of sp³-hybridized carbons (Fsp3) is 0.471. The molecule has 3 N–H and O–H groups in total. The van der Waals surface area contributed by atoms with Gasteiger partial charge in [0.2, 0.25) is 0 Å². The largest absolute Gasteiger partial charge is 0.573 e. The van der Waals surface area contributed by atoms with Crippen molar-refractivity contribution in [2.75, 3.05) is 52.2 Å². The van der Waals surface area contributed by atoms with E-state index in [2.05, 4.69) is 29.5 Å². The average molecular weight is 664 g/mol. The predicted molar refractivity (Wildman–Crippen MR) is 177 cm³/mol. The molecule has 1 saturated heterocycles. The number of nitrogens with two attached hydrogens (primary N) is 1. The molecule has 2 fully saturated rings. The molecule has 1 aliphatic carbocycles. The van der Waals surface area contributed by atoms with Crippen molar-refractivity contribution in [2.24, 2.45) is 0 Å². The van der Waals surface area contributed by atoms with Crippen LogP contribution >= 0.6 is 0 Å². The van der Waals surface area contributed by atoms with Gasteiger partial charge >= 0.3 is 6.36 Å². The molecule has 0 atom stereocenters. The molecule has 4 heterocycles. The first-order valence-corrected chi connectivity index (χ1v) is 16.5. The number of nitrogen functional groups attached to an aromatic ring is 1. The van der Waals surface area contributed by atoms with Crippen LogP contribution in [0.5, 0.6) is 5.75 Å². The Kier molecular flexibility index (Phi) is 9.21. The number of fused-ring (bicyclic) bond motifs is 2. The summed E-state index contributed by atoms with van der Waals surface area (Å²) >= 11 is 0. The number of ether oxygens (including phenoxy) is 2. The molecule has 254 valence electrons. The van der Waals surface area contributed by atoms with Gasteiger partial charge in [0, 0.05) is 70.0 Å². The quantitative estimate of drug-likeness (QED) is 0.185. The molecular weight excluding hydrogens is 623 g/mol. The van der Waals surface area contributed by atoms with Gasteiger partial charge in [-0.15, -0.1) is 13.2 Å². The second-order valence-electron chi connectivity index (χ2n) is 12.7. The molecule has 2 aliphatic rings. The maximum atomic E-state index is 13.0. The van der Waals surface area contributed by atoms with Crippen molar-refractivity contribution in [3.8, 4) is 17.0 Å². The number of anilines is 1. The van der Waals surface area contributed by atoms with Crippen LogP contribution in [0, 0.1) is 0 Å². The maximum Gasteiger partial charge on any atom is 0.573 e. The highest BCUT2D eigenvalue weighted by atomic mass is 19.4. The number of para-hydroxylation sites is 1. The van der Waals surface area contributed by atoms with Crippen LogP contribution < -0.4 is 10.5 Å². The molecule has 48 heavy (non-hydrogen) atoms. The van der Waals surface area contributed by atoms with Crippen molar-refractivity contribution < 1.29 is 22.6 Å². The highest BCUT2D eigenvalue weighted by Crippen LogP contribution is 2.38. The van der Waals surface area contributed by atoms with Gasteiger partial charge in [-0.1, -0.05) is 24.3 Å². The number of imidazole rings is 1. The number of piperazine rings is 1. The Morgan fingerprint density at radius 1 is 0.979 bits per heavy atom. The third-order valence-corrected chi connectivity index (χ3v) is 9.64. The summed E-state index contributed by atoms with van der Waals surface area (Å²) < 4.78 is 50.4. The summed E-state index contributed by atoms with van der Waals surface area (Å²) in [5.41, 5.74) is 10.4. The Morgan fingerprint density at radius 2 is 1.75 bits per heavy atom. The maximum absolute atomic E-state index is 13.0. The summed E-state index contributed by atoms with van der Waals surface area (Å²) in [6.07, 6.45) is 2.12. The van der Waals surface area contributed by atoms with Gasteiger partial charge in [-0.3, -0.25) is 4.90 Å². The van der Waals surface area contributed by atoms with E-state index < -0.39 is 6.36 Å². The zero-order valence-corrected chi connectivity index (χ0v) is 26.9. The number of hydrogen-bond acceptors (Lipinski definition) is 9. The zero-order chi connectivity index (χ0) is 33.3. The van der Waals surface area contributed by atoms with Crippen molar-refractivity contribution in [3.05, 3.63) is 60.2 Å². The third-order valence-electron chi connectivity index (χ3n) is 9.64. The molecule has 0 unspecified atom stereocenters. The Balaban J connectivity index is 1.08. The Hall–Kier alpha value is -4.27. The van der Waals surface area contributed by atoms with Crippen LogP contribution in [-0.4, -0.2) is 98.4 Å². The number of nitrogens with one attached hydrogen (secondary N) is 1. The zero-order valence-electron chi connectivity index (χ0n) is 26.9. The van der Waals surface area contributed by atoms with Crippen molar-refractivity contribution in [2.45, 2.75) is 57.0 Å². The molecule has 0 bridgehead atoms. The number of aromatic nitrogens is 6. The monoisotopic (exact) mass is 663 g/mol. The number of alkyl halides is 3. The van der Waals surface area contributed by atoms with Crippen LogP contribution in [0.25, 0.3) is 33.3 Å². The molecular formula is C34H40F3N9O2. The topological polar surface area (TPSA) is 123 Å². The summed E-state index contributed by atoms with van der Waals surface area (Å²) in [4.78, 5) is 22.0. The van der Waals surface area contributed by atoms with Crippen LogP contribution in [-0.2, 0) is 11.2 Å². The standard InChI is InChI=1S/C34H40F3N9O2/c1-47-18-4-13-44-14-16-45(17-15-44)24-8-10-25(11-9-24)46-33-30(32(38)39-21-40-33)31(43-46)23-7-12-26-27(19-23)42-29(41-26)20-22-5-2-3-6-28(22)48-34(35,36)37/h2-3,5-7,12,19,21,24-25H,4,8-11,13-18,20H2,1H3,(H,41,42)(H2,38,39,40)/t24-,25+. The van der Waals surface area contributed by atoms with Crippen LogP contribution in [0.3, 0.4) is 0 Å². The highest BCUT2D eigenvalue weighted by Gasteiger charge is 2.33. The Labute approximate surface area is 276 Å². The second kappa shape index (κ2) is 13.7. The van der Waals surface area contributed by atoms with Crippen LogP contribution in [0.15, 0.2) is 48.8 Å². The molecule has 14 heteroatoms. The fourth-order valence-corrected chi connectivity index (χ4v) is 7.25. The van der Waals surface area contributed by atoms with E-state index in [-0.39, 0.29) is 18.2 Å². The van der Waals surface area contributed by atoms with Gasteiger partial charge < -0.3 is 25.1 Å². The minimum absolute atomic E-state index is 0.140. The molecule has 11 nitrogen and oxygen atoms in total. The van der Waals surface area contributed by atoms with E-state index in [0.717, 1.165) is 88.2 Å². The molecule has 0 radical (unpaired) electrons. The van der Waals surface area contributed by atoms with Gasteiger partial charge in [-0.25, -0.2) is 19.6 Å². The van der Waals surface area contributed by atoms with E-state index in [1.54, 1.807) is 19.2 Å². The van der Waals surface area contributed by atoms with E-state index in [1.165, 1.54) is 18.5 Å². The van der Waals surface area contributed by atoms with Crippen molar-refractivity contribution in [1.82, 2.24) is 39.5 Å². The number of halogens is 3. The predicted octanol–water partition coefficient (Wildman–Crippen LogP) is 5.58. The number of H-pyrrole nitrogens is 1. The highest BCUT2D eigenvalue weighted by molar-refractivity contribution is 5.99. The minimum atomic E-state index is -4.78. The van der Waals surface area contributed by atoms with E-state index in [9.17, 15) is 13.2 Å². The fourth-order valence-electron chi connectivity index (χ4n) is 7.25. The molecule has 2 aromatic carbocycles. The number of methoxy groups -OCH3 is 1. The lowest BCUT2D eigenvalue weighted by Gasteiger charge is -2.42. The summed E-state index contributed by atoms with van der Waals surface area (Å²) in [6, 6.07) is 12.6. The normalized spacial score (nSPS) is 19.8. The summed E-state index contributed by atoms with van der Waals surface area (Å²) in [5.74, 6) is 0.634. The van der Waals surface area contributed by atoms with Crippen molar-refractivity contribution >= 4 is 27.9 Å². The molecule has 1 aliphatic heterocycles. The van der Waals surface area contributed by atoms with Crippen LogP contribution in [0.1, 0.15) is 49.5 Å². The van der Waals surface area contributed by atoms with Gasteiger partial charge in [-0.2, -0.15) is 5.10 Å². The number of nitrogens with zero attached hydrogens (tertiary/aromatic N) is 7. The van der Waals surface area contributed by atoms with E-state index >= 15 is 0 Å². The van der Waals surface area contributed by atoms with Crippen LogP contribution in [0.2, 0.25) is 0 Å². The molecule has 0 amide bonds. The van der Waals surface area contributed by atoms with Gasteiger partial charge in [0.15, 0.2) is 5.65 Å². The van der Waals surface area contributed by atoms with E-state index in [4.69, 9.17) is 20.6 Å². The molecule has 0 spiro atoms. The first kappa shape index (κ1) is 32.3. The summed E-state index contributed by atoms with van der Waals surface area (Å²) in [7, 11) is 1.76. The SMILES string of the molecule is COCCCN1CCN([C@H]2CC[C@@H](n3nc(-c4ccc5[nH]c(Cc6ccccc6OC(F)(F)F)nc5c4)c4c(N)ncnc43)CC2)CC1. The number of rotatable bonds is 10. The second-order valence-corrected chi connectivity index (χ2v) is 12.7. The Morgan fingerprint density at radius 3 is 2.52 bits per heavy atom. The Bertz CT molecular complexity index is 1860. The smallest absolute Gasteiger partial charge is 0.405 e.